The average molecular weight is 483 g/mol. The first-order valence-corrected chi connectivity index (χ1v) is 12.3. The van der Waals surface area contributed by atoms with E-state index in [1.165, 1.54) is 38.5 Å². The van der Waals surface area contributed by atoms with Crippen molar-refractivity contribution in [3.63, 3.8) is 0 Å². The van der Waals surface area contributed by atoms with E-state index in [-0.39, 0.29) is 0 Å². The van der Waals surface area contributed by atoms with Gasteiger partial charge in [0.1, 0.15) is 6.79 Å². The van der Waals surface area contributed by atoms with Gasteiger partial charge < -0.3 is 9.47 Å². The van der Waals surface area contributed by atoms with Crippen LogP contribution in [0.2, 0.25) is 0 Å². The summed E-state index contributed by atoms with van der Waals surface area (Å²) in [6, 6.07) is 0. The highest BCUT2D eigenvalue weighted by molar-refractivity contribution is 14.1. The minimum Gasteiger partial charge on any atom is -0.356 e. The van der Waals surface area contributed by atoms with Gasteiger partial charge >= 0.3 is 0 Å². The second-order valence-corrected chi connectivity index (χ2v) is 11.3. The van der Waals surface area contributed by atoms with Crippen molar-refractivity contribution < 1.29 is 9.47 Å². The highest BCUT2D eigenvalue weighted by Gasteiger charge is 2.17. The third-order valence-corrected chi connectivity index (χ3v) is 5.81. The quantitative estimate of drug-likeness (QED) is 0.0914. The Balaban J connectivity index is 3.83. The van der Waals surface area contributed by atoms with Gasteiger partial charge in [0.25, 0.3) is 0 Å². The Bertz CT molecular complexity index is 309. The average Bonchev–Trinajstić information content (AvgIpc) is 2.48. The second-order valence-electron chi connectivity index (χ2n) is 9.15. The predicted molar refractivity (Wildman–Crippen MR) is 124 cm³/mol. The highest BCUT2D eigenvalue weighted by Crippen LogP contribution is 2.29. The Morgan fingerprint density at radius 1 is 0.654 bits per heavy atom. The SMILES string of the molecule is CCOCOCCCC(C)CC(C)CC(C)CC(C)CC(C)CC(C)I. The van der Waals surface area contributed by atoms with Gasteiger partial charge in [-0.3, -0.25) is 0 Å². The maximum absolute atomic E-state index is 5.47. The van der Waals surface area contributed by atoms with Crippen LogP contribution in [0.15, 0.2) is 0 Å². The lowest BCUT2D eigenvalue weighted by Gasteiger charge is -2.24. The summed E-state index contributed by atoms with van der Waals surface area (Å²) in [4.78, 5) is 0. The maximum atomic E-state index is 5.47. The third-order valence-electron chi connectivity index (χ3n) is 5.30. The standard InChI is InChI=1S/C23H47IO2/c1-8-25-17-26-11-9-10-18(2)12-19(3)13-20(4)14-21(5)15-22(6)16-23(7)24/h18-23H,8-17H2,1-7H3. The smallest absolute Gasteiger partial charge is 0.146 e. The zero-order valence-electron chi connectivity index (χ0n) is 18.7. The molecule has 0 N–H and O–H groups in total. The summed E-state index contributed by atoms with van der Waals surface area (Å²) in [6.45, 7) is 18.6. The number of hydrogen-bond donors (Lipinski definition) is 0. The Morgan fingerprint density at radius 3 is 1.58 bits per heavy atom. The zero-order valence-corrected chi connectivity index (χ0v) is 20.9. The third kappa shape index (κ3) is 16.8. The van der Waals surface area contributed by atoms with Crippen molar-refractivity contribution in [2.45, 2.75) is 97.3 Å². The van der Waals surface area contributed by atoms with Crippen molar-refractivity contribution in [2.75, 3.05) is 20.0 Å². The van der Waals surface area contributed by atoms with Gasteiger partial charge in [-0.25, -0.2) is 0 Å². The molecule has 0 bridgehead atoms. The van der Waals surface area contributed by atoms with Crippen molar-refractivity contribution in [2.24, 2.45) is 29.6 Å². The first kappa shape index (κ1) is 26.6. The molecule has 0 radical (unpaired) electrons. The minimum atomic E-state index is 0.451. The van der Waals surface area contributed by atoms with Crippen LogP contribution in [0.5, 0.6) is 0 Å². The van der Waals surface area contributed by atoms with E-state index in [1.54, 1.807) is 0 Å². The summed E-state index contributed by atoms with van der Waals surface area (Å²) in [7, 11) is 0. The first-order chi connectivity index (χ1) is 12.2. The maximum Gasteiger partial charge on any atom is 0.146 e. The monoisotopic (exact) mass is 482 g/mol. The van der Waals surface area contributed by atoms with Gasteiger partial charge in [0.2, 0.25) is 0 Å². The van der Waals surface area contributed by atoms with E-state index >= 15 is 0 Å². The molecular weight excluding hydrogens is 435 g/mol. The molecule has 3 heteroatoms. The molecule has 0 spiro atoms. The van der Waals surface area contributed by atoms with Crippen molar-refractivity contribution in [3.8, 4) is 0 Å². The summed E-state index contributed by atoms with van der Waals surface area (Å²) in [5, 5.41) is 0. The van der Waals surface area contributed by atoms with Crippen LogP contribution >= 0.6 is 22.6 Å². The molecule has 2 nitrogen and oxygen atoms in total. The molecular formula is C23H47IO2. The van der Waals surface area contributed by atoms with Crippen LogP contribution in [0.3, 0.4) is 0 Å². The van der Waals surface area contributed by atoms with Gasteiger partial charge in [-0.1, -0.05) is 64.1 Å². The summed E-state index contributed by atoms with van der Waals surface area (Å²) in [5.74, 6) is 4.22. The van der Waals surface area contributed by atoms with Crippen molar-refractivity contribution in [1.29, 1.82) is 0 Å². The molecule has 0 saturated carbocycles. The van der Waals surface area contributed by atoms with Crippen molar-refractivity contribution >= 4 is 22.6 Å². The minimum absolute atomic E-state index is 0.451. The summed E-state index contributed by atoms with van der Waals surface area (Å²) >= 11 is 2.56. The molecule has 0 fully saturated rings. The van der Waals surface area contributed by atoms with Crippen LogP contribution in [-0.4, -0.2) is 23.9 Å². The molecule has 0 aromatic heterocycles. The molecule has 0 amide bonds. The molecule has 0 aromatic rings. The molecule has 26 heavy (non-hydrogen) atoms. The number of rotatable bonds is 17. The van der Waals surface area contributed by atoms with E-state index in [0.29, 0.717) is 6.79 Å². The Hall–Kier alpha value is 0.650. The molecule has 6 unspecified atom stereocenters. The van der Waals surface area contributed by atoms with Gasteiger partial charge in [0, 0.05) is 17.1 Å². The molecule has 0 aliphatic rings. The lowest BCUT2D eigenvalue weighted by Crippen LogP contribution is -2.13. The molecule has 0 heterocycles. The van der Waals surface area contributed by atoms with Gasteiger partial charge in [-0.05, 0) is 81.5 Å². The van der Waals surface area contributed by atoms with Crippen LogP contribution in [-0.2, 0) is 9.47 Å². The van der Waals surface area contributed by atoms with Gasteiger partial charge in [-0.2, -0.15) is 0 Å². The van der Waals surface area contributed by atoms with Crippen molar-refractivity contribution in [1.82, 2.24) is 0 Å². The van der Waals surface area contributed by atoms with E-state index in [1.807, 2.05) is 6.92 Å². The predicted octanol–water partition coefficient (Wildman–Crippen LogP) is 7.73. The number of ether oxygens (including phenoxy) is 2. The van der Waals surface area contributed by atoms with Crippen LogP contribution < -0.4 is 0 Å². The summed E-state index contributed by atoms with van der Waals surface area (Å²) in [6.07, 6.45) is 9.31. The lowest BCUT2D eigenvalue weighted by atomic mass is 9.82. The fraction of sp³-hybridized carbons (Fsp3) is 1.00. The Labute approximate surface area is 178 Å². The Morgan fingerprint density at radius 2 is 1.12 bits per heavy atom. The summed E-state index contributed by atoms with van der Waals surface area (Å²) in [5.41, 5.74) is 0. The largest absolute Gasteiger partial charge is 0.356 e. The van der Waals surface area contributed by atoms with E-state index < -0.39 is 0 Å². The van der Waals surface area contributed by atoms with Gasteiger partial charge in [-0.15, -0.1) is 0 Å². The molecule has 0 aliphatic heterocycles. The van der Waals surface area contributed by atoms with Crippen LogP contribution in [0.4, 0.5) is 0 Å². The molecule has 0 saturated heterocycles. The number of hydrogen-bond acceptors (Lipinski definition) is 2. The molecule has 158 valence electrons. The lowest BCUT2D eigenvalue weighted by molar-refractivity contribution is -0.0508. The van der Waals surface area contributed by atoms with Crippen LogP contribution in [0, 0.1) is 29.6 Å². The molecule has 0 rings (SSSR count). The fourth-order valence-corrected chi connectivity index (χ4v) is 5.41. The molecule has 0 aliphatic carbocycles. The number of alkyl halides is 1. The zero-order chi connectivity index (χ0) is 19.9. The Kier molecular flexibility index (Phi) is 17.0. The second kappa shape index (κ2) is 16.6. The molecule has 6 atom stereocenters. The first-order valence-electron chi connectivity index (χ1n) is 11.0. The van der Waals surface area contributed by atoms with Crippen LogP contribution in [0.1, 0.15) is 93.4 Å². The molecule has 0 aromatic carbocycles. The van der Waals surface area contributed by atoms with Gasteiger partial charge in [0.05, 0.1) is 0 Å². The van der Waals surface area contributed by atoms with Gasteiger partial charge in [0.15, 0.2) is 0 Å². The number of halogens is 1. The summed E-state index contributed by atoms with van der Waals surface area (Å²) < 4.78 is 11.5. The highest BCUT2D eigenvalue weighted by atomic mass is 127. The normalized spacial score (nSPS) is 18.9. The van der Waals surface area contributed by atoms with E-state index in [2.05, 4.69) is 64.1 Å². The van der Waals surface area contributed by atoms with E-state index in [4.69, 9.17) is 9.47 Å². The van der Waals surface area contributed by atoms with E-state index in [0.717, 1.165) is 53.1 Å². The topological polar surface area (TPSA) is 18.5 Å². The fourth-order valence-electron chi connectivity index (χ4n) is 4.54. The van der Waals surface area contributed by atoms with Crippen LogP contribution in [0.25, 0.3) is 0 Å². The van der Waals surface area contributed by atoms with Crippen molar-refractivity contribution in [3.05, 3.63) is 0 Å². The van der Waals surface area contributed by atoms with E-state index in [9.17, 15) is 0 Å².